The summed E-state index contributed by atoms with van der Waals surface area (Å²) >= 11 is 0. The number of nitrogens with two attached hydrogens (primary N) is 1. The molecular formula is C15H21N3O3. The highest BCUT2D eigenvalue weighted by molar-refractivity contribution is 5.92. The summed E-state index contributed by atoms with van der Waals surface area (Å²) in [4.78, 5) is 26.9. The van der Waals surface area contributed by atoms with Crippen molar-refractivity contribution < 1.29 is 14.7 Å². The zero-order chi connectivity index (χ0) is 15.6. The Bertz CT molecular complexity index is 527. The van der Waals surface area contributed by atoms with Gasteiger partial charge in [-0.2, -0.15) is 0 Å². The quantitative estimate of drug-likeness (QED) is 0.780. The molecule has 114 valence electrons. The summed E-state index contributed by atoms with van der Waals surface area (Å²) in [6.07, 6.45) is -0.257. The second kappa shape index (κ2) is 6.24. The number of hydrogen-bond donors (Lipinski definition) is 2. The van der Waals surface area contributed by atoms with E-state index in [0.29, 0.717) is 18.7 Å². The first-order valence-electron chi connectivity index (χ1n) is 6.89. The van der Waals surface area contributed by atoms with Crippen molar-refractivity contribution in [2.45, 2.75) is 18.6 Å². The van der Waals surface area contributed by atoms with E-state index < -0.39 is 12.0 Å². The lowest BCUT2D eigenvalue weighted by molar-refractivity contribution is -0.129. The number of aliphatic hydroxyl groups is 1. The summed E-state index contributed by atoms with van der Waals surface area (Å²) in [5.41, 5.74) is 6.43. The predicted octanol–water partition coefficient (Wildman–Crippen LogP) is -0.539. The van der Waals surface area contributed by atoms with Gasteiger partial charge in [-0.25, -0.2) is 0 Å². The lowest BCUT2D eigenvalue weighted by Gasteiger charge is -2.21. The highest BCUT2D eigenvalue weighted by Gasteiger charge is 2.34. The number of hydrogen-bond acceptors (Lipinski definition) is 4. The Hall–Kier alpha value is -1.92. The van der Waals surface area contributed by atoms with Gasteiger partial charge in [-0.3, -0.25) is 9.59 Å². The number of aliphatic hydroxyl groups excluding tert-OH is 1. The molecule has 1 saturated heterocycles. The number of primary amides is 1. The molecule has 0 aliphatic carbocycles. The van der Waals surface area contributed by atoms with E-state index in [9.17, 15) is 14.7 Å². The van der Waals surface area contributed by atoms with E-state index in [1.807, 2.05) is 19.0 Å². The van der Waals surface area contributed by atoms with Crippen molar-refractivity contribution in [3.63, 3.8) is 0 Å². The minimum Gasteiger partial charge on any atom is -0.390 e. The molecule has 0 radical (unpaired) electrons. The average Bonchev–Trinajstić information content (AvgIpc) is 2.81. The Morgan fingerprint density at radius 3 is 2.38 bits per heavy atom. The van der Waals surface area contributed by atoms with E-state index in [4.69, 9.17) is 5.73 Å². The Morgan fingerprint density at radius 1 is 1.29 bits per heavy atom. The van der Waals surface area contributed by atoms with Gasteiger partial charge in [0.2, 0.25) is 11.8 Å². The average molecular weight is 291 g/mol. The van der Waals surface area contributed by atoms with E-state index >= 15 is 0 Å². The zero-order valence-electron chi connectivity index (χ0n) is 12.3. The van der Waals surface area contributed by atoms with Crippen LogP contribution in [-0.2, 0) is 11.2 Å². The Labute approximate surface area is 124 Å². The molecule has 0 saturated carbocycles. The second-order valence-electron chi connectivity index (χ2n) is 5.63. The molecule has 2 atom stereocenters. The standard InChI is InChI=1S/C15H21N3O3/c1-17(2)12-8-18(9-13(12)19)14(20)7-10-3-5-11(6-4-10)15(16)21/h3-6,12-13,19H,7-9H2,1-2H3,(H2,16,21)/t12-,13-/m0/s1. The van der Waals surface area contributed by atoms with Crippen LogP contribution >= 0.6 is 0 Å². The van der Waals surface area contributed by atoms with Crippen molar-refractivity contribution in [3.8, 4) is 0 Å². The van der Waals surface area contributed by atoms with Crippen LogP contribution in [0.2, 0.25) is 0 Å². The van der Waals surface area contributed by atoms with Crippen molar-refractivity contribution >= 4 is 11.8 Å². The van der Waals surface area contributed by atoms with Gasteiger partial charge in [0.05, 0.1) is 18.6 Å². The lowest BCUT2D eigenvalue weighted by Crippen LogP contribution is -2.38. The number of carbonyl (C=O) groups is 2. The highest BCUT2D eigenvalue weighted by atomic mass is 16.3. The molecule has 2 amide bonds. The Morgan fingerprint density at radius 2 is 1.90 bits per heavy atom. The van der Waals surface area contributed by atoms with Gasteiger partial charge in [-0.15, -0.1) is 0 Å². The fraction of sp³-hybridized carbons (Fsp3) is 0.467. The third-order valence-corrected chi connectivity index (χ3v) is 3.87. The maximum atomic E-state index is 12.3. The summed E-state index contributed by atoms with van der Waals surface area (Å²) < 4.78 is 0. The third-order valence-electron chi connectivity index (χ3n) is 3.87. The van der Waals surface area contributed by atoms with Crippen LogP contribution in [0, 0.1) is 0 Å². The fourth-order valence-corrected chi connectivity index (χ4v) is 2.55. The van der Waals surface area contributed by atoms with Gasteiger partial charge >= 0.3 is 0 Å². The minimum atomic E-state index is -0.513. The summed E-state index contributed by atoms with van der Waals surface area (Å²) in [5, 5.41) is 9.96. The number of amides is 2. The first kappa shape index (κ1) is 15.5. The van der Waals surface area contributed by atoms with Gasteiger partial charge in [-0.05, 0) is 31.8 Å². The van der Waals surface area contributed by atoms with E-state index in [-0.39, 0.29) is 18.4 Å². The number of β-amino-alcohol motifs (C(OH)–C–C–N with tert-alkyl or cyclic N) is 1. The molecular weight excluding hydrogens is 270 g/mol. The SMILES string of the molecule is CN(C)[C@H]1CN(C(=O)Cc2ccc(C(N)=O)cc2)C[C@@H]1O. The zero-order valence-corrected chi connectivity index (χ0v) is 12.3. The van der Waals surface area contributed by atoms with Crippen LogP contribution in [0.3, 0.4) is 0 Å². The van der Waals surface area contributed by atoms with Gasteiger partial charge in [-0.1, -0.05) is 12.1 Å². The first-order chi connectivity index (χ1) is 9.88. The topological polar surface area (TPSA) is 86.9 Å². The molecule has 0 spiro atoms. The fourth-order valence-electron chi connectivity index (χ4n) is 2.55. The molecule has 21 heavy (non-hydrogen) atoms. The van der Waals surface area contributed by atoms with Crippen molar-refractivity contribution in [2.24, 2.45) is 5.73 Å². The molecule has 2 rings (SSSR count). The van der Waals surface area contributed by atoms with Gasteiger partial charge in [0.1, 0.15) is 0 Å². The van der Waals surface area contributed by atoms with Gasteiger partial charge < -0.3 is 20.6 Å². The van der Waals surface area contributed by atoms with Crippen molar-refractivity contribution in [2.75, 3.05) is 27.2 Å². The molecule has 6 heteroatoms. The van der Waals surface area contributed by atoms with Crippen LogP contribution < -0.4 is 5.73 Å². The number of likely N-dealkylation sites (tertiary alicyclic amines) is 1. The molecule has 6 nitrogen and oxygen atoms in total. The second-order valence-corrected chi connectivity index (χ2v) is 5.63. The minimum absolute atomic E-state index is 0.0220. The van der Waals surface area contributed by atoms with E-state index in [1.54, 1.807) is 29.2 Å². The summed E-state index contributed by atoms with van der Waals surface area (Å²) in [7, 11) is 3.79. The monoisotopic (exact) mass is 291 g/mol. The molecule has 1 aromatic rings. The lowest BCUT2D eigenvalue weighted by atomic mass is 10.1. The predicted molar refractivity (Wildman–Crippen MR) is 78.7 cm³/mol. The molecule has 1 aliphatic rings. The highest BCUT2D eigenvalue weighted by Crippen LogP contribution is 2.16. The molecule has 1 heterocycles. The third kappa shape index (κ3) is 3.59. The maximum Gasteiger partial charge on any atom is 0.248 e. The van der Waals surface area contributed by atoms with Crippen LogP contribution in [0.5, 0.6) is 0 Å². The van der Waals surface area contributed by atoms with Crippen LogP contribution in [0.1, 0.15) is 15.9 Å². The van der Waals surface area contributed by atoms with Crippen LogP contribution in [-0.4, -0.2) is 66.1 Å². The molecule has 0 bridgehead atoms. The maximum absolute atomic E-state index is 12.3. The number of benzene rings is 1. The number of likely N-dealkylation sites (N-methyl/N-ethyl adjacent to an activating group) is 1. The smallest absolute Gasteiger partial charge is 0.248 e. The summed E-state index contributed by atoms with van der Waals surface area (Å²) in [6.45, 7) is 0.896. The number of carbonyl (C=O) groups excluding carboxylic acids is 2. The Balaban J connectivity index is 1.97. The largest absolute Gasteiger partial charge is 0.390 e. The van der Waals surface area contributed by atoms with Gasteiger partial charge in [0.25, 0.3) is 0 Å². The van der Waals surface area contributed by atoms with E-state index in [2.05, 4.69) is 0 Å². The van der Waals surface area contributed by atoms with Gasteiger partial charge in [0, 0.05) is 18.7 Å². The van der Waals surface area contributed by atoms with E-state index in [0.717, 1.165) is 5.56 Å². The van der Waals surface area contributed by atoms with Crippen LogP contribution in [0.4, 0.5) is 0 Å². The molecule has 3 N–H and O–H groups in total. The van der Waals surface area contributed by atoms with Crippen LogP contribution in [0.15, 0.2) is 24.3 Å². The molecule has 1 fully saturated rings. The van der Waals surface area contributed by atoms with Crippen molar-refractivity contribution in [3.05, 3.63) is 35.4 Å². The Kier molecular flexibility index (Phi) is 4.59. The normalized spacial score (nSPS) is 21.8. The van der Waals surface area contributed by atoms with E-state index in [1.165, 1.54) is 0 Å². The summed E-state index contributed by atoms with van der Waals surface area (Å²) in [5.74, 6) is -0.505. The number of nitrogens with zero attached hydrogens (tertiary/aromatic N) is 2. The molecule has 0 aromatic heterocycles. The number of rotatable bonds is 4. The molecule has 0 unspecified atom stereocenters. The van der Waals surface area contributed by atoms with Crippen molar-refractivity contribution in [1.82, 2.24) is 9.80 Å². The first-order valence-corrected chi connectivity index (χ1v) is 6.89. The molecule has 1 aliphatic heterocycles. The van der Waals surface area contributed by atoms with Crippen molar-refractivity contribution in [1.29, 1.82) is 0 Å². The molecule has 1 aromatic carbocycles. The van der Waals surface area contributed by atoms with Crippen LogP contribution in [0.25, 0.3) is 0 Å². The summed E-state index contributed by atoms with van der Waals surface area (Å²) in [6, 6.07) is 6.67. The van der Waals surface area contributed by atoms with Gasteiger partial charge in [0.15, 0.2) is 0 Å².